The van der Waals surface area contributed by atoms with Crippen molar-refractivity contribution in [2.45, 2.75) is 65.8 Å². The van der Waals surface area contributed by atoms with Crippen molar-refractivity contribution >= 4 is 41.7 Å². The standard InChI is InChI=1S/C23H40N6O.HI/c1-4-7-10-18(5-2)15-27-23(25-6-3)28-16-19-11-8-13-26-22(19)29-14-9-12-20(17-29)21(24)30;/h8,11,13,18,20H,4-7,9-10,12,14-17H2,1-3H3,(H2,24,30)(H2,25,27,28);1H. The lowest BCUT2D eigenvalue weighted by Gasteiger charge is -2.33. The summed E-state index contributed by atoms with van der Waals surface area (Å²) in [5, 5.41) is 6.87. The lowest BCUT2D eigenvalue weighted by molar-refractivity contribution is -0.122. The lowest BCUT2D eigenvalue weighted by Crippen LogP contribution is -2.42. The maximum absolute atomic E-state index is 11.7. The second-order valence-electron chi connectivity index (χ2n) is 8.17. The average Bonchev–Trinajstić information content (AvgIpc) is 2.77. The van der Waals surface area contributed by atoms with Gasteiger partial charge in [0.2, 0.25) is 5.91 Å². The van der Waals surface area contributed by atoms with E-state index < -0.39 is 0 Å². The van der Waals surface area contributed by atoms with Crippen molar-refractivity contribution in [1.82, 2.24) is 15.6 Å². The number of nitrogens with two attached hydrogens (primary N) is 1. The molecular formula is C23H41IN6O. The Morgan fingerprint density at radius 3 is 2.84 bits per heavy atom. The molecule has 0 aromatic carbocycles. The monoisotopic (exact) mass is 544 g/mol. The first-order valence-corrected chi connectivity index (χ1v) is 11.6. The van der Waals surface area contributed by atoms with Crippen molar-refractivity contribution in [2.24, 2.45) is 22.6 Å². The molecule has 0 radical (unpaired) electrons. The number of hydrogen-bond donors (Lipinski definition) is 3. The molecule has 1 aliphatic heterocycles. The van der Waals surface area contributed by atoms with Gasteiger partial charge < -0.3 is 21.3 Å². The van der Waals surface area contributed by atoms with Gasteiger partial charge in [0.25, 0.3) is 0 Å². The molecule has 1 saturated heterocycles. The summed E-state index contributed by atoms with van der Waals surface area (Å²) in [4.78, 5) is 23.3. The average molecular weight is 545 g/mol. The maximum Gasteiger partial charge on any atom is 0.222 e. The molecule has 1 aromatic rings. The third kappa shape index (κ3) is 9.21. The molecule has 0 bridgehead atoms. The number of rotatable bonds is 11. The van der Waals surface area contributed by atoms with Gasteiger partial charge in [0.05, 0.1) is 12.5 Å². The Bertz CT molecular complexity index is 684. The number of aliphatic imine (C=N–C) groups is 1. The Morgan fingerprint density at radius 2 is 2.16 bits per heavy atom. The van der Waals surface area contributed by atoms with Gasteiger partial charge in [-0.1, -0.05) is 39.2 Å². The van der Waals surface area contributed by atoms with E-state index >= 15 is 0 Å². The fourth-order valence-electron chi connectivity index (χ4n) is 3.93. The number of amides is 1. The molecule has 7 nitrogen and oxygen atoms in total. The molecule has 4 N–H and O–H groups in total. The third-order valence-electron chi connectivity index (χ3n) is 5.84. The molecule has 8 heteroatoms. The molecule has 31 heavy (non-hydrogen) atoms. The topological polar surface area (TPSA) is 95.6 Å². The van der Waals surface area contributed by atoms with E-state index in [1.165, 1.54) is 25.7 Å². The zero-order valence-corrected chi connectivity index (χ0v) is 21.7. The number of nitrogens with one attached hydrogen (secondary N) is 2. The van der Waals surface area contributed by atoms with Gasteiger partial charge in [-0.15, -0.1) is 24.0 Å². The highest BCUT2D eigenvalue weighted by molar-refractivity contribution is 14.0. The molecule has 2 rings (SSSR count). The van der Waals surface area contributed by atoms with Crippen molar-refractivity contribution in [2.75, 3.05) is 31.1 Å². The zero-order valence-electron chi connectivity index (χ0n) is 19.4. The molecule has 0 aliphatic carbocycles. The number of hydrogen-bond acceptors (Lipinski definition) is 4. The van der Waals surface area contributed by atoms with E-state index in [0.717, 1.165) is 49.8 Å². The van der Waals surface area contributed by atoms with E-state index in [0.29, 0.717) is 19.0 Å². The third-order valence-corrected chi connectivity index (χ3v) is 5.84. The van der Waals surface area contributed by atoms with E-state index in [2.05, 4.69) is 47.4 Å². The van der Waals surface area contributed by atoms with Crippen molar-refractivity contribution in [3.63, 3.8) is 0 Å². The van der Waals surface area contributed by atoms with Crippen LogP contribution in [-0.4, -0.2) is 43.0 Å². The molecule has 1 aromatic heterocycles. The van der Waals surface area contributed by atoms with Gasteiger partial charge in [-0.05, 0) is 38.2 Å². The SMILES string of the molecule is CCCCC(CC)CNC(=NCc1cccnc1N1CCCC(C(N)=O)C1)NCC.I. The van der Waals surface area contributed by atoms with Crippen LogP contribution >= 0.6 is 24.0 Å². The number of unbranched alkanes of at least 4 members (excludes halogenated alkanes) is 1. The van der Waals surface area contributed by atoms with E-state index in [9.17, 15) is 4.79 Å². The molecule has 1 amide bonds. The van der Waals surface area contributed by atoms with Crippen LogP contribution in [0.4, 0.5) is 5.82 Å². The van der Waals surface area contributed by atoms with E-state index in [1.54, 1.807) is 6.20 Å². The molecule has 1 aliphatic rings. The van der Waals surface area contributed by atoms with Crippen LogP contribution in [0, 0.1) is 11.8 Å². The number of carbonyl (C=O) groups is 1. The van der Waals surface area contributed by atoms with E-state index in [1.807, 2.05) is 6.07 Å². The van der Waals surface area contributed by atoms with Crippen LogP contribution in [0.15, 0.2) is 23.3 Å². The highest BCUT2D eigenvalue weighted by atomic mass is 127. The minimum Gasteiger partial charge on any atom is -0.369 e. The minimum atomic E-state index is -0.220. The quantitative estimate of drug-likeness (QED) is 0.225. The molecule has 2 unspecified atom stereocenters. The van der Waals surface area contributed by atoms with Gasteiger partial charge in [0, 0.05) is 37.9 Å². The molecule has 2 atom stereocenters. The minimum absolute atomic E-state index is 0. The summed E-state index contributed by atoms with van der Waals surface area (Å²) in [7, 11) is 0. The summed E-state index contributed by atoms with van der Waals surface area (Å²) in [6, 6.07) is 4.02. The Hall–Kier alpha value is -1.58. The van der Waals surface area contributed by atoms with Crippen LogP contribution in [0.3, 0.4) is 0 Å². The second-order valence-corrected chi connectivity index (χ2v) is 8.17. The highest BCUT2D eigenvalue weighted by Gasteiger charge is 2.25. The fourth-order valence-corrected chi connectivity index (χ4v) is 3.93. The van der Waals surface area contributed by atoms with Gasteiger partial charge in [0.1, 0.15) is 5.82 Å². The number of primary amides is 1. The summed E-state index contributed by atoms with van der Waals surface area (Å²) in [6.07, 6.45) is 8.55. The van der Waals surface area contributed by atoms with Gasteiger partial charge in [-0.2, -0.15) is 0 Å². The Morgan fingerprint density at radius 1 is 1.35 bits per heavy atom. The number of guanidine groups is 1. The normalized spacial score (nSPS) is 17.6. The summed E-state index contributed by atoms with van der Waals surface area (Å²) < 4.78 is 0. The number of carbonyl (C=O) groups excluding carboxylic acids is 1. The highest BCUT2D eigenvalue weighted by Crippen LogP contribution is 2.25. The van der Waals surface area contributed by atoms with Gasteiger partial charge >= 0.3 is 0 Å². The van der Waals surface area contributed by atoms with E-state index in [-0.39, 0.29) is 35.8 Å². The van der Waals surface area contributed by atoms with Crippen LogP contribution < -0.4 is 21.3 Å². The first-order chi connectivity index (χ1) is 14.6. The van der Waals surface area contributed by atoms with Crippen LogP contribution in [-0.2, 0) is 11.3 Å². The van der Waals surface area contributed by atoms with Crippen molar-refractivity contribution in [3.05, 3.63) is 23.9 Å². The smallest absolute Gasteiger partial charge is 0.222 e. The predicted octanol–water partition coefficient (Wildman–Crippen LogP) is 3.67. The molecule has 1 fully saturated rings. The second kappa shape index (κ2) is 15.3. The maximum atomic E-state index is 11.7. The van der Waals surface area contributed by atoms with Crippen molar-refractivity contribution in [1.29, 1.82) is 0 Å². The predicted molar refractivity (Wildman–Crippen MR) is 140 cm³/mol. The number of nitrogens with zero attached hydrogens (tertiary/aromatic N) is 3. The zero-order chi connectivity index (χ0) is 21.8. The van der Waals surface area contributed by atoms with Crippen molar-refractivity contribution < 1.29 is 4.79 Å². The van der Waals surface area contributed by atoms with E-state index in [4.69, 9.17) is 10.7 Å². The lowest BCUT2D eigenvalue weighted by atomic mass is 9.97. The summed E-state index contributed by atoms with van der Waals surface area (Å²) in [5.74, 6) is 2.10. The van der Waals surface area contributed by atoms with Crippen LogP contribution in [0.25, 0.3) is 0 Å². The number of anilines is 1. The number of piperidine rings is 1. The van der Waals surface area contributed by atoms with Gasteiger partial charge in [-0.3, -0.25) is 4.79 Å². The number of halogens is 1. The van der Waals surface area contributed by atoms with Gasteiger partial charge in [-0.25, -0.2) is 9.98 Å². The fraction of sp³-hybridized carbons (Fsp3) is 0.696. The number of aromatic nitrogens is 1. The number of pyridine rings is 1. The summed E-state index contributed by atoms with van der Waals surface area (Å²) >= 11 is 0. The van der Waals surface area contributed by atoms with Crippen LogP contribution in [0.1, 0.15) is 64.9 Å². The van der Waals surface area contributed by atoms with Crippen LogP contribution in [0.2, 0.25) is 0 Å². The molecule has 0 spiro atoms. The van der Waals surface area contributed by atoms with Gasteiger partial charge in [0.15, 0.2) is 5.96 Å². The molecule has 2 heterocycles. The Kier molecular flexibility index (Phi) is 13.5. The molecule has 176 valence electrons. The Labute approximate surface area is 205 Å². The largest absolute Gasteiger partial charge is 0.369 e. The molecular weight excluding hydrogens is 503 g/mol. The van der Waals surface area contributed by atoms with Crippen LogP contribution in [0.5, 0.6) is 0 Å². The van der Waals surface area contributed by atoms with Crippen molar-refractivity contribution in [3.8, 4) is 0 Å². The summed E-state index contributed by atoms with van der Waals surface area (Å²) in [5.41, 5.74) is 6.62. The first-order valence-electron chi connectivity index (χ1n) is 11.6. The molecule has 0 saturated carbocycles. The Balaban J connectivity index is 0.00000480. The summed E-state index contributed by atoms with van der Waals surface area (Å²) in [6.45, 7) is 10.4. The first kappa shape index (κ1) is 27.5.